The molecular weight excluding hydrogens is 224 g/mol. The fraction of sp³-hybridized carbons (Fsp3) is 0.700. The van der Waals surface area contributed by atoms with E-state index in [4.69, 9.17) is 5.73 Å². The van der Waals surface area contributed by atoms with E-state index >= 15 is 0 Å². The third-order valence-corrected chi connectivity index (χ3v) is 2.62. The average Bonchev–Trinajstić information content (AvgIpc) is 2.49. The number of carbonyl (C=O) groups excluding carboxylic acids is 1. The summed E-state index contributed by atoms with van der Waals surface area (Å²) >= 11 is 1.31. The van der Waals surface area contributed by atoms with E-state index < -0.39 is 0 Å². The summed E-state index contributed by atoms with van der Waals surface area (Å²) in [6, 6.07) is -0.0155. The zero-order valence-electron chi connectivity index (χ0n) is 10.1. The number of nitrogens with one attached hydrogen (secondary N) is 1. The molecule has 1 heterocycles. The lowest BCUT2D eigenvalue weighted by molar-refractivity contribution is -0.118. The van der Waals surface area contributed by atoms with Crippen LogP contribution in [-0.2, 0) is 10.2 Å². The largest absolute Gasteiger partial charge is 0.370 e. The molecule has 0 saturated carbocycles. The fourth-order valence-electron chi connectivity index (χ4n) is 1.15. The smallest absolute Gasteiger partial charge is 0.219 e. The van der Waals surface area contributed by atoms with E-state index in [0.29, 0.717) is 6.42 Å². The van der Waals surface area contributed by atoms with Crippen LogP contribution in [0.5, 0.6) is 0 Å². The lowest BCUT2D eigenvalue weighted by Crippen LogP contribution is -2.24. The van der Waals surface area contributed by atoms with Gasteiger partial charge in [0, 0.05) is 29.4 Å². The van der Waals surface area contributed by atoms with Crippen molar-refractivity contribution < 1.29 is 4.79 Å². The SMILES string of the molecule is CC(CC(N)=O)Nc1nc(C(C)(C)C)ns1. The van der Waals surface area contributed by atoms with Crippen molar-refractivity contribution in [3.8, 4) is 0 Å². The Kier molecular flexibility index (Phi) is 3.85. The third-order valence-electron chi connectivity index (χ3n) is 1.97. The van der Waals surface area contributed by atoms with Crippen molar-refractivity contribution >= 4 is 22.6 Å². The number of aromatic nitrogens is 2. The van der Waals surface area contributed by atoms with Crippen molar-refractivity contribution in [3.05, 3.63) is 5.82 Å². The second-order valence-electron chi connectivity index (χ2n) is 4.89. The highest BCUT2D eigenvalue weighted by Gasteiger charge is 2.20. The lowest BCUT2D eigenvalue weighted by Gasteiger charge is -2.13. The second-order valence-corrected chi connectivity index (χ2v) is 5.64. The molecule has 1 atom stereocenters. The molecule has 5 nitrogen and oxygen atoms in total. The molecule has 1 rings (SSSR count). The first kappa shape index (κ1) is 12.9. The Labute approximate surface area is 99.6 Å². The van der Waals surface area contributed by atoms with E-state index in [9.17, 15) is 4.79 Å². The van der Waals surface area contributed by atoms with Gasteiger partial charge in [-0.05, 0) is 6.92 Å². The van der Waals surface area contributed by atoms with Crippen molar-refractivity contribution in [2.24, 2.45) is 5.73 Å². The summed E-state index contributed by atoms with van der Waals surface area (Å²) in [7, 11) is 0. The highest BCUT2D eigenvalue weighted by molar-refractivity contribution is 7.09. The minimum atomic E-state index is -0.319. The van der Waals surface area contributed by atoms with Gasteiger partial charge in [0.15, 0.2) is 0 Å². The monoisotopic (exact) mass is 242 g/mol. The van der Waals surface area contributed by atoms with E-state index in [0.717, 1.165) is 11.0 Å². The number of nitrogens with zero attached hydrogens (tertiary/aromatic N) is 2. The van der Waals surface area contributed by atoms with Crippen LogP contribution in [0, 0.1) is 0 Å². The minimum absolute atomic E-state index is 0.0155. The van der Waals surface area contributed by atoms with Gasteiger partial charge >= 0.3 is 0 Å². The maximum Gasteiger partial charge on any atom is 0.219 e. The summed E-state index contributed by atoms with van der Waals surface area (Å²) < 4.78 is 4.27. The van der Waals surface area contributed by atoms with Gasteiger partial charge in [0.05, 0.1) is 0 Å². The predicted molar refractivity (Wildman–Crippen MR) is 65.5 cm³/mol. The number of primary amides is 1. The normalized spacial score (nSPS) is 13.5. The van der Waals surface area contributed by atoms with Gasteiger partial charge in [0.2, 0.25) is 11.0 Å². The molecule has 0 bridgehead atoms. The van der Waals surface area contributed by atoms with Gasteiger partial charge in [-0.25, -0.2) is 4.98 Å². The molecule has 0 fully saturated rings. The van der Waals surface area contributed by atoms with E-state index in [1.165, 1.54) is 11.5 Å². The van der Waals surface area contributed by atoms with Gasteiger partial charge in [-0.3, -0.25) is 4.79 Å². The van der Waals surface area contributed by atoms with Crippen LogP contribution in [0.15, 0.2) is 0 Å². The summed E-state index contributed by atoms with van der Waals surface area (Å²) in [6.45, 7) is 8.08. The molecule has 0 aliphatic heterocycles. The van der Waals surface area contributed by atoms with E-state index in [1.54, 1.807) is 0 Å². The summed E-state index contributed by atoms with van der Waals surface area (Å²) in [5.41, 5.74) is 5.06. The number of anilines is 1. The Morgan fingerprint density at radius 1 is 1.56 bits per heavy atom. The summed E-state index contributed by atoms with van der Waals surface area (Å²) in [6.07, 6.45) is 0.296. The van der Waals surface area contributed by atoms with Crippen LogP contribution in [0.25, 0.3) is 0 Å². The average molecular weight is 242 g/mol. The topological polar surface area (TPSA) is 80.9 Å². The van der Waals surface area contributed by atoms with Crippen LogP contribution < -0.4 is 11.1 Å². The summed E-state index contributed by atoms with van der Waals surface area (Å²) in [4.78, 5) is 15.1. The first-order valence-electron chi connectivity index (χ1n) is 5.18. The molecule has 1 unspecified atom stereocenters. The van der Waals surface area contributed by atoms with Gasteiger partial charge in [-0.15, -0.1) is 0 Å². The number of carbonyl (C=O) groups is 1. The molecule has 90 valence electrons. The molecule has 0 saturated heterocycles. The zero-order chi connectivity index (χ0) is 12.3. The molecule has 1 aromatic rings. The number of amides is 1. The van der Waals surface area contributed by atoms with Crippen LogP contribution in [0.2, 0.25) is 0 Å². The summed E-state index contributed by atoms with van der Waals surface area (Å²) in [5, 5.41) is 3.84. The molecule has 1 amide bonds. The van der Waals surface area contributed by atoms with Gasteiger partial charge in [0.25, 0.3) is 0 Å². The Morgan fingerprint density at radius 3 is 2.62 bits per heavy atom. The molecular formula is C10H18N4OS. The molecule has 6 heteroatoms. The fourth-order valence-corrected chi connectivity index (χ4v) is 2.02. The maximum absolute atomic E-state index is 10.7. The van der Waals surface area contributed by atoms with Crippen LogP contribution in [0.3, 0.4) is 0 Å². The first-order valence-corrected chi connectivity index (χ1v) is 5.95. The van der Waals surface area contributed by atoms with Crippen LogP contribution in [0.4, 0.5) is 5.13 Å². The molecule has 0 spiro atoms. The Balaban J connectivity index is 2.62. The number of rotatable bonds is 4. The molecule has 0 aliphatic carbocycles. The molecule has 1 aromatic heterocycles. The molecule has 0 radical (unpaired) electrons. The second kappa shape index (κ2) is 4.78. The van der Waals surface area contributed by atoms with Crippen LogP contribution >= 0.6 is 11.5 Å². The van der Waals surface area contributed by atoms with E-state index in [2.05, 4.69) is 35.4 Å². The third kappa shape index (κ3) is 3.77. The Bertz CT molecular complexity index is 369. The minimum Gasteiger partial charge on any atom is -0.370 e. The van der Waals surface area contributed by atoms with E-state index in [1.807, 2.05) is 6.92 Å². The van der Waals surface area contributed by atoms with Crippen LogP contribution in [0.1, 0.15) is 39.9 Å². The van der Waals surface area contributed by atoms with Gasteiger partial charge in [-0.1, -0.05) is 20.8 Å². The van der Waals surface area contributed by atoms with Gasteiger partial charge in [0.1, 0.15) is 5.82 Å². The zero-order valence-corrected chi connectivity index (χ0v) is 10.9. The predicted octanol–water partition coefficient (Wildman–Crippen LogP) is 1.51. The Morgan fingerprint density at radius 2 is 2.19 bits per heavy atom. The van der Waals surface area contributed by atoms with Crippen LogP contribution in [-0.4, -0.2) is 21.3 Å². The number of hydrogen-bond donors (Lipinski definition) is 2. The van der Waals surface area contributed by atoms with Crippen molar-refractivity contribution in [1.82, 2.24) is 9.36 Å². The van der Waals surface area contributed by atoms with E-state index in [-0.39, 0.29) is 17.4 Å². The summed E-state index contributed by atoms with van der Waals surface area (Å²) in [5.74, 6) is 0.492. The van der Waals surface area contributed by atoms with Crippen molar-refractivity contribution in [1.29, 1.82) is 0 Å². The first-order chi connectivity index (χ1) is 7.29. The molecule has 0 aromatic carbocycles. The van der Waals surface area contributed by atoms with Crippen molar-refractivity contribution in [3.63, 3.8) is 0 Å². The van der Waals surface area contributed by atoms with Crippen molar-refractivity contribution in [2.45, 2.75) is 45.6 Å². The number of nitrogens with two attached hydrogens (primary N) is 1. The number of hydrogen-bond acceptors (Lipinski definition) is 5. The molecule has 16 heavy (non-hydrogen) atoms. The quantitative estimate of drug-likeness (QED) is 0.838. The lowest BCUT2D eigenvalue weighted by atomic mass is 9.96. The Hall–Kier alpha value is -1.17. The maximum atomic E-state index is 10.7. The van der Waals surface area contributed by atoms with Gasteiger partial charge < -0.3 is 11.1 Å². The van der Waals surface area contributed by atoms with Crippen molar-refractivity contribution in [2.75, 3.05) is 5.32 Å². The highest BCUT2D eigenvalue weighted by atomic mass is 32.1. The molecule has 3 N–H and O–H groups in total. The van der Waals surface area contributed by atoms with Gasteiger partial charge in [-0.2, -0.15) is 4.37 Å². The highest BCUT2D eigenvalue weighted by Crippen LogP contribution is 2.23. The standard InChI is InChI=1S/C10H18N4OS/c1-6(5-7(11)15)12-9-13-8(14-16-9)10(2,3)4/h6H,5H2,1-4H3,(H2,11,15)(H,12,13,14). The molecule has 0 aliphatic rings.